The SMILES string of the molecule is Cc1cc(C(=O)O)ccc1[C@H]1NC2C=CC(C(F)(F)F)=CC2=C2OCCC[C@@H]21. The van der Waals surface area contributed by atoms with Gasteiger partial charge in [-0.25, -0.2) is 4.79 Å². The van der Waals surface area contributed by atoms with Gasteiger partial charge in [0.15, 0.2) is 0 Å². The number of rotatable bonds is 2. The standard InChI is InChI=1S/C21H20F3NO3/c1-11-9-12(20(26)27)4-6-14(11)18-15-3-2-8-28-19(15)16-10-13(21(22,23)24)5-7-17(16)25-18/h4-7,9-10,15,17-18,25H,2-3,8H2,1H3,(H,26,27)/t15-,17?,18-/m1/s1. The second-order valence-corrected chi connectivity index (χ2v) is 7.37. The molecule has 0 amide bonds. The van der Waals surface area contributed by atoms with Gasteiger partial charge in [-0.1, -0.05) is 18.2 Å². The van der Waals surface area contributed by atoms with Gasteiger partial charge in [0, 0.05) is 17.5 Å². The van der Waals surface area contributed by atoms with Gasteiger partial charge in [0.25, 0.3) is 0 Å². The van der Waals surface area contributed by atoms with Crippen molar-refractivity contribution in [2.24, 2.45) is 5.92 Å². The van der Waals surface area contributed by atoms with Crippen molar-refractivity contribution in [1.29, 1.82) is 0 Å². The summed E-state index contributed by atoms with van der Waals surface area (Å²) in [4.78, 5) is 11.2. The molecule has 4 nitrogen and oxygen atoms in total. The fourth-order valence-corrected chi connectivity index (χ4v) is 4.27. The maximum atomic E-state index is 13.2. The maximum Gasteiger partial charge on any atom is 0.416 e. The zero-order valence-electron chi connectivity index (χ0n) is 15.2. The molecule has 1 aromatic carbocycles. The minimum absolute atomic E-state index is 0.0911. The molecular weight excluding hydrogens is 371 g/mol. The molecule has 3 aliphatic rings. The molecule has 1 aromatic rings. The van der Waals surface area contributed by atoms with E-state index in [-0.39, 0.29) is 23.6 Å². The van der Waals surface area contributed by atoms with Crippen LogP contribution < -0.4 is 5.32 Å². The number of aromatic carboxylic acids is 1. The molecule has 7 heteroatoms. The molecule has 3 atom stereocenters. The van der Waals surface area contributed by atoms with Crippen LogP contribution in [0.25, 0.3) is 0 Å². The summed E-state index contributed by atoms with van der Waals surface area (Å²) in [6.07, 6.45) is 1.02. The number of hydrogen-bond donors (Lipinski definition) is 2. The molecule has 2 N–H and O–H groups in total. The fourth-order valence-electron chi connectivity index (χ4n) is 4.27. The molecule has 0 aromatic heterocycles. The summed E-state index contributed by atoms with van der Waals surface area (Å²) in [7, 11) is 0. The Morgan fingerprint density at radius 2 is 2.11 bits per heavy atom. The molecule has 0 spiro atoms. The van der Waals surface area contributed by atoms with E-state index in [9.17, 15) is 23.1 Å². The van der Waals surface area contributed by atoms with E-state index in [1.54, 1.807) is 18.2 Å². The Labute approximate surface area is 160 Å². The third-order valence-electron chi connectivity index (χ3n) is 5.59. The normalized spacial score (nSPS) is 26.9. The van der Waals surface area contributed by atoms with Gasteiger partial charge in [0.05, 0.1) is 23.8 Å². The van der Waals surface area contributed by atoms with E-state index in [0.717, 1.165) is 30.0 Å². The van der Waals surface area contributed by atoms with E-state index < -0.39 is 17.7 Å². The monoisotopic (exact) mass is 391 g/mol. The van der Waals surface area contributed by atoms with Crippen molar-refractivity contribution in [3.05, 3.63) is 70.0 Å². The number of nitrogens with one attached hydrogen (secondary N) is 1. The molecule has 0 radical (unpaired) electrons. The van der Waals surface area contributed by atoms with Crippen LogP contribution in [0.3, 0.4) is 0 Å². The first-order valence-corrected chi connectivity index (χ1v) is 9.19. The number of alkyl halides is 3. The molecule has 28 heavy (non-hydrogen) atoms. The number of ether oxygens (including phenoxy) is 1. The summed E-state index contributed by atoms with van der Waals surface area (Å²) in [5.41, 5.74) is 1.84. The predicted octanol–water partition coefficient (Wildman–Crippen LogP) is 4.45. The zero-order valence-corrected chi connectivity index (χ0v) is 15.2. The van der Waals surface area contributed by atoms with Gasteiger partial charge >= 0.3 is 12.1 Å². The van der Waals surface area contributed by atoms with E-state index >= 15 is 0 Å². The first-order chi connectivity index (χ1) is 13.3. The predicted molar refractivity (Wildman–Crippen MR) is 96.8 cm³/mol. The quantitative estimate of drug-likeness (QED) is 0.782. The third kappa shape index (κ3) is 3.24. The Hall–Kier alpha value is -2.54. The minimum atomic E-state index is -4.40. The van der Waals surface area contributed by atoms with Crippen LogP contribution in [0.15, 0.2) is 53.3 Å². The Kier molecular flexibility index (Phi) is 4.57. The van der Waals surface area contributed by atoms with Crippen molar-refractivity contribution >= 4 is 5.97 Å². The number of benzene rings is 1. The van der Waals surface area contributed by atoms with Crippen LogP contribution >= 0.6 is 0 Å². The topological polar surface area (TPSA) is 58.6 Å². The molecule has 1 aliphatic carbocycles. The van der Waals surface area contributed by atoms with Crippen molar-refractivity contribution < 1.29 is 27.8 Å². The summed E-state index contributed by atoms with van der Waals surface area (Å²) in [5.74, 6) is -0.463. The lowest BCUT2D eigenvalue weighted by Gasteiger charge is -2.43. The highest BCUT2D eigenvalue weighted by molar-refractivity contribution is 5.87. The van der Waals surface area contributed by atoms with Crippen LogP contribution in [0.5, 0.6) is 0 Å². The lowest BCUT2D eigenvalue weighted by atomic mass is 9.77. The highest BCUT2D eigenvalue weighted by Crippen LogP contribution is 2.45. The highest BCUT2D eigenvalue weighted by Gasteiger charge is 2.42. The molecule has 2 aliphatic heterocycles. The zero-order chi connectivity index (χ0) is 20.1. The van der Waals surface area contributed by atoms with E-state index in [1.165, 1.54) is 12.2 Å². The molecule has 1 unspecified atom stereocenters. The van der Waals surface area contributed by atoms with Crippen molar-refractivity contribution in [3.8, 4) is 0 Å². The Bertz CT molecular complexity index is 914. The first-order valence-electron chi connectivity index (χ1n) is 9.19. The van der Waals surface area contributed by atoms with Gasteiger partial charge in [-0.05, 0) is 49.1 Å². The second kappa shape index (κ2) is 6.81. The molecule has 0 bridgehead atoms. The molecular formula is C21H20F3NO3. The molecule has 2 heterocycles. The van der Waals surface area contributed by atoms with Crippen molar-refractivity contribution in [2.45, 2.75) is 38.0 Å². The maximum absolute atomic E-state index is 13.2. The second-order valence-electron chi connectivity index (χ2n) is 7.37. The van der Waals surface area contributed by atoms with Crippen LogP contribution in [-0.4, -0.2) is 29.9 Å². The Balaban J connectivity index is 1.76. The van der Waals surface area contributed by atoms with Gasteiger partial charge < -0.3 is 9.84 Å². The summed E-state index contributed by atoms with van der Waals surface area (Å²) in [6.45, 7) is 2.34. The molecule has 0 saturated carbocycles. The van der Waals surface area contributed by atoms with Gasteiger partial charge in [0.1, 0.15) is 5.76 Å². The number of allylic oxidation sites excluding steroid dienone is 2. The van der Waals surface area contributed by atoms with Crippen molar-refractivity contribution in [3.63, 3.8) is 0 Å². The lowest BCUT2D eigenvalue weighted by molar-refractivity contribution is -0.0884. The summed E-state index contributed by atoms with van der Waals surface area (Å²) >= 11 is 0. The largest absolute Gasteiger partial charge is 0.497 e. The summed E-state index contributed by atoms with van der Waals surface area (Å²) in [5, 5.41) is 12.6. The number of halogens is 3. The van der Waals surface area contributed by atoms with Gasteiger partial charge in [-0.3, -0.25) is 5.32 Å². The van der Waals surface area contributed by atoms with E-state index in [2.05, 4.69) is 5.32 Å². The van der Waals surface area contributed by atoms with E-state index in [4.69, 9.17) is 4.74 Å². The number of carboxylic acid groups (broad SMARTS) is 1. The molecule has 1 saturated heterocycles. The van der Waals surface area contributed by atoms with Crippen molar-refractivity contribution in [1.82, 2.24) is 5.32 Å². The fraction of sp³-hybridized carbons (Fsp3) is 0.381. The first kappa shape index (κ1) is 18.8. The minimum Gasteiger partial charge on any atom is -0.497 e. The molecule has 148 valence electrons. The highest BCUT2D eigenvalue weighted by atomic mass is 19.4. The van der Waals surface area contributed by atoms with Crippen LogP contribution in [-0.2, 0) is 4.74 Å². The van der Waals surface area contributed by atoms with Crippen LogP contribution in [0.4, 0.5) is 13.2 Å². The number of carbonyl (C=O) groups is 1. The molecule has 4 rings (SSSR count). The number of fused-ring (bicyclic) bond motifs is 2. The Morgan fingerprint density at radius 1 is 1.32 bits per heavy atom. The van der Waals surface area contributed by atoms with Crippen LogP contribution in [0.1, 0.15) is 40.4 Å². The van der Waals surface area contributed by atoms with Crippen LogP contribution in [0, 0.1) is 12.8 Å². The van der Waals surface area contributed by atoms with E-state index in [1.807, 2.05) is 6.92 Å². The third-order valence-corrected chi connectivity index (χ3v) is 5.59. The van der Waals surface area contributed by atoms with Crippen molar-refractivity contribution in [2.75, 3.05) is 6.61 Å². The average molecular weight is 391 g/mol. The summed E-state index contributed by atoms with van der Waals surface area (Å²) < 4.78 is 45.4. The molecule has 1 fully saturated rings. The smallest absolute Gasteiger partial charge is 0.416 e. The number of carboxylic acids is 1. The van der Waals surface area contributed by atoms with E-state index in [0.29, 0.717) is 17.9 Å². The number of hydrogen-bond acceptors (Lipinski definition) is 3. The lowest BCUT2D eigenvalue weighted by Crippen LogP contribution is -2.45. The van der Waals surface area contributed by atoms with Gasteiger partial charge in [-0.2, -0.15) is 13.2 Å². The number of aryl methyl sites for hydroxylation is 1. The van der Waals surface area contributed by atoms with Gasteiger partial charge in [0.2, 0.25) is 0 Å². The van der Waals surface area contributed by atoms with Gasteiger partial charge in [-0.15, -0.1) is 0 Å². The summed E-state index contributed by atoms with van der Waals surface area (Å²) in [6, 6.07) is 4.45. The average Bonchev–Trinajstić information content (AvgIpc) is 2.66. The van der Waals surface area contributed by atoms with Crippen LogP contribution in [0.2, 0.25) is 0 Å². The Morgan fingerprint density at radius 3 is 2.79 bits per heavy atom.